The Kier molecular flexibility index (Phi) is 20.3. The van der Waals surface area contributed by atoms with Crippen molar-refractivity contribution in [2.24, 2.45) is 35.5 Å². The van der Waals surface area contributed by atoms with Crippen molar-refractivity contribution >= 4 is 35.6 Å². The Balaban J connectivity index is 0.000000798. The van der Waals surface area contributed by atoms with Crippen molar-refractivity contribution in [2.75, 3.05) is 42.5 Å². The highest BCUT2D eigenvalue weighted by Crippen LogP contribution is 2.35. The number of hydroxylamine groups is 4. The van der Waals surface area contributed by atoms with Gasteiger partial charge in [0.1, 0.15) is 12.1 Å². The number of nitrogens with zero attached hydrogens (tertiary/aromatic N) is 3. The van der Waals surface area contributed by atoms with E-state index in [4.69, 9.17) is 19.5 Å². The van der Waals surface area contributed by atoms with Crippen LogP contribution in [0.3, 0.4) is 0 Å². The van der Waals surface area contributed by atoms with Gasteiger partial charge in [0.15, 0.2) is 0 Å². The molecule has 2 aliphatic heterocycles. The van der Waals surface area contributed by atoms with Crippen LogP contribution in [0.2, 0.25) is 0 Å². The van der Waals surface area contributed by atoms with Crippen LogP contribution in [0, 0.1) is 35.5 Å². The van der Waals surface area contributed by atoms with Crippen molar-refractivity contribution in [1.82, 2.24) is 20.3 Å². The maximum Gasteiger partial charge on any atom is 0.328 e. The van der Waals surface area contributed by atoms with Crippen molar-refractivity contribution in [3.8, 4) is 0 Å². The molecule has 0 radical (unpaired) electrons. The molecule has 2 saturated heterocycles. The second kappa shape index (κ2) is 21.7. The van der Waals surface area contributed by atoms with Crippen LogP contribution in [0.25, 0.3) is 0 Å². The first kappa shape index (κ1) is 45.7. The van der Waals surface area contributed by atoms with E-state index >= 15 is 0 Å². The lowest BCUT2D eigenvalue weighted by Gasteiger charge is -2.33. The molecule has 15 nitrogen and oxygen atoms in total. The zero-order valence-electron chi connectivity index (χ0n) is 32.0. The summed E-state index contributed by atoms with van der Waals surface area (Å²) in [5, 5.41) is 13.8. The normalized spacial score (nSPS) is 24.1. The fourth-order valence-corrected chi connectivity index (χ4v) is 5.32. The summed E-state index contributed by atoms with van der Waals surface area (Å²) < 4.78 is 9.56. The van der Waals surface area contributed by atoms with Crippen LogP contribution < -0.4 is 5.32 Å². The second-order valence-electron chi connectivity index (χ2n) is 13.6. The SMILES string of the molecule is CC(C)[C@@H](C)C(=O)O.COC(=O)[C@@H]1C[C@@H](C)[C@@H](CC(=O)N(C)OC)N1.COC(=O)[C@@H]1C[C@@H](C)[C@@H](CC(=O)N(C)OC)N1C(=O)[C@@H](C)C(C)C. The van der Waals surface area contributed by atoms with E-state index in [2.05, 4.69) is 10.1 Å². The Hall–Kier alpha value is -3.30. The molecule has 2 aliphatic rings. The van der Waals surface area contributed by atoms with E-state index in [9.17, 15) is 28.8 Å². The maximum absolute atomic E-state index is 13.0. The van der Waals surface area contributed by atoms with E-state index in [0.29, 0.717) is 19.3 Å². The minimum absolute atomic E-state index is 0.0100. The first-order valence-corrected chi connectivity index (χ1v) is 16.8. The van der Waals surface area contributed by atoms with Gasteiger partial charge >= 0.3 is 17.9 Å². The third kappa shape index (κ3) is 13.9. The van der Waals surface area contributed by atoms with Crippen molar-refractivity contribution in [3.05, 3.63) is 0 Å². The summed E-state index contributed by atoms with van der Waals surface area (Å²) in [6, 6.07) is -1.29. The number of hydrogen-bond donors (Lipinski definition) is 2. The first-order chi connectivity index (χ1) is 22.7. The number of carbonyl (C=O) groups excluding carboxylic acids is 5. The van der Waals surface area contributed by atoms with Crippen molar-refractivity contribution in [2.45, 2.75) is 105 Å². The van der Waals surface area contributed by atoms with Crippen molar-refractivity contribution in [3.63, 3.8) is 0 Å². The number of rotatable bonds is 12. The highest BCUT2D eigenvalue weighted by Gasteiger charge is 2.47. The average molecular weight is 703 g/mol. The van der Waals surface area contributed by atoms with Crippen molar-refractivity contribution < 1.29 is 53.0 Å². The van der Waals surface area contributed by atoms with Gasteiger partial charge in [0.25, 0.3) is 0 Å². The fraction of sp³-hybridized carbons (Fsp3) is 0.824. The Morgan fingerprint density at radius 1 is 0.735 bits per heavy atom. The minimum atomic E-state index is -0.708. The number of methoxy groups -OCH3 is 2. The number of carboxylic acid groups (broad SMARTS) is 1. The lowest BCUT2D eigenvalue weighted by molar-refractivity contribution is -0.171. The predicted molar refractivity (Wildman–Crippen MR) is 181 cm³/mol. The topological polar surface area (TPSA) is 181 Å². The molecule has 0 aliphatic carbocycles. The number of esters is 2. The third-order valence-electron chi connectivity index (χ3n) is 9.68. The predicted octanol–water partition coefficient (Wildman–Crippen LogP) is 2.77. The zero-order chi connectivity index (χ0) is 38.3. The van der Waals surface area contributed by atoms with Crippen LogP contribution in [-0.4, -0.2) is 122 Å². The Bertz CT molecular complexity index is 1100. The monoisotopic (exact) mass is 702 g/mol. The number of hydrogen-bond acceptors (Lipinski definition) is 11. The first-order valence-electron chi connectivity index (χ1n) is 16.8. The van der Waals surface area contributed by atoms with E-state index in [1.54, 1.807) is 18.9 Å². The summed E-state index contributed by atoms with van der Waals surface area (Å²) >= 11 is 0. The van der Waals surface area contributed by atoms with Gasteiger partial charge in [0.2, 0.25) is 17.7 Å². The summed E-state index contributed by atoms with van der Waals surface area (Å²) in [5.74, 6) is -1.64. The molecule has 284 valence electrons. The van der Waals surface area contributed by atoms with E-state index in [1.807, 2.05) is 48.5 Å². The van der Waals surface area contributed by atoms with E-state index in [-0.39, 0.29) is 83.7 Å². The number of aliphatic carboxylic acids is 1. The van der Waals surface area contributed by atoms with Gasteiger partial charge in [-0.15, -0.1) is 0 Å². The molecular weight excluding hydrogens is 640 g/mol. The molecule has 2 fully saturated rings. The van der Waals surface area contributed by atoms with Gasteiger partial charge in [-0.25, -0.2) is 14.9 Å². The quantitative estimate of drug-likeness (QED) is 0.225. The lowest BCUT2D eigenvalue weighted by atomic mass is 9.94. The second-order valence-corrected chi connectivity index (χ2v) is 13.6. The Morgan fingerprint density at radius 2 is 1.20 bits per heavy atom. The van der Waals surface area contributed by atoms with Crippen LogP contribution in [0.15, 0.2) is 0 Å². The third-order valence-corrected chi connectivity index (χ3v) is 9.68. The van der Waals surface area contributed by atoms with E-state index in [0.717, 1.165) is 5.06 Å². The maximum atomic E-state index is 13.0. The molecule has 2 N–H and O–H groups in total. The Morgan fingerprint density at radius 3 is 1.59 bits per heavy atom. The summed E-state index contributed by atoms with van der Waals surface area (Å²) in [4.78, 5) is 81.8. The summed E-state index contributed by atoms with van der Waals surface area (Å²) in [6.45, 7) is 15.3. The number of amides is 3. The zero-order valence-corrected chi connectivity index (χ0v) is 32.0. The van der Waals surface area contributed by atoms with E-state index < -0.39 is 18.0 Å². The summed E-state index contributed by atoms with van der Waals surface area (Å²) in [6.07, 6.45) is 1.63. The van der Waals surface area contributed by atoms with Gasteiger partial charge < -0.3 is 24.8 Å². The molecule has 3 amide bonds. The number of likely N-dealkylation sites (tertiary alicyclic amines) is 1. The van der Waals surface area contributed by atoms with Gasteiger partial charge in [-0.2, -0.15) is 0 Å². The van der Waals surface area contributed by atoms with Gasteiger partial charge in [0.05, 0.1) is 34.4 Å². The highest BCUT2D eigenvalue weighted by molar-refractivity contribution is 5.88. The molecule has 0 saturated carbocycles. The van der Waals surface area contributed by atoms with Crippen LogP contribution >= 0.6 is 0 Å². The molecule has 0 aromatic rings. The largest absolute Gasteiger partial charge is 0.481 e. The number of ether oxygens (including phenoxy) is 2. The molecule has 8 atom stereocenters. The summed E-state index contributed by atoms with van der Waals surface area (Å²) in [7, 11) is 8.64. The fourth-order valence-electron chi connectivity index (χ4n) is 5.32. The smallest absolute Gasteiger partial charge is 0.328 e. The molecule has 0 aromatic heterocycles. The van der Waals surface area contributed by atoms with Crippen LogP contribution in [-0.2, 0) is 47.9 Å². The molecule has 0 spiro atoms. The number of carbonyl (C=O) groups is 6. The molecule has 2 heterocycles. The lowest BCUT2D eigenvalue weighted by Crippen LogP contribution is -2.50. The number of carboxylic acids is 1. The average Bonchev–Trinajstić information content (AvgIpc) is 3.60. The molecular formula is C34H62N4O11. The minimum Gasteiger partial charge on any atom is -0.481 e. The standard InChI is InChI=1S/C17H30N2O5.C11H20N2O4.C6H12O2/c1-10(2)12(4)16(21)19-13(9-15(20)18(5)24-7)11(3)8-14(19)17(22)23-6;1-7-5-9(11(15)16-3)12-8(7)6-10(14)13(2)17-4;1-4(2)5(3)6(7)8/h10-14H,8-9H2,1-7H3;7-9,12H,5-6H2,1-4H3;4-5H,1-3H3,(H,7,8)/t11-,12+,13-,14+;7-,8-,9+;5-/m111/s1. The highest BCUT2D eigenvalue weighted by atomic mass is 16.7. The molecule has 49 heavy (non-hydrogen) atoms. The molecule has 0 aromatic carbocycles. The van der Waals surface area contributed by atoms with Gasteiger partial charge in [0, 0.05) is 44.9 Å². The van der Waals surface area contributed by atoms with Crippen molar-refractivity contribution in [1.29, 1.82) is 0 Å². The van der Waals surface area contributed by atoms with Gasteiger partial charge in [-0.05, 0) is 36.5 Å². The van der Waals surface area contributed by atoms with Crippen LogP contribution in [0.5, 0.6) is 0 Å². The Labute approximate surface area is 292 Å². The van der Waals surface area contributed by atoms with Gasteiger partial charge in [-0.1, -0.05) is 55.4 Å². The van der Waals surface area contributed by atoms with Gasteiger partial charge in [-0.3, -0.25) is 33.6 Å². The molecule has 2 rings (SSSR count). The molecule has 0 unspecified atom stereocenters. The number of nitrogens with one attached hydrogen (secondary N) is 1. The van der Waals surface area contributed by atoms with E-state index in [1.165, 1.54) is 40.6 Å². The molecule has 15 heteroatoms. The summed E-state index contributed by atoms with van der Waals surface area (Å²) in [5.41, 5.74) is 0. The molecule has 0 bridgehead atoms. The van der Waals surface area contributed by atoms with Crippen LogP contribution in [0.4, 0.5) is 0 Å². The van der Waals surface area contributed by atoms with Crippen LogP contribution in [0.1, 0.15) is 81.1 Å².